The number of nitrogens with one attached hydrogen (secondary N) is 1. The zero-order valence-corrected chi connectivity index (χ0v) is 28.5. The smallest absolute Gasteiger partial charge is 0.307 e. The quantitative estimate of drug-likeness (QED) is 0.164. The monoisotopic (exact) mass is 603 g/mol. The van der Waals surface area contributed by atoms with E-state index < -0.39 is 17.4 Å². The summed E-state index contributed by atoms with van der Waals surface area (Å²) in [6, 6.07) is 4.69. The van der Waals surface area contributed by atoms with Crippen LogP contribution < -0.4 is 10.1 Å². The predicted octanol–water partition coefficient (Wildman–Crippen LogP) is 9.03. The molecule has 43 heavy (non-hydrogen) atoms. The Morgan fingerprint density at radius 1 is 1.07 bits per heavy atom. The van der Waals surface area contributed by atoms with Crippen molar-refractivity contribution < 1.29 is 28.9 Å². The average Bonchev–Trinajstić information content (AvgIpc) is 2.93. The fourth-order valence-electron chi connectivity index (χ4n) is 4.73. The summed E-state index contributed by atoms with van der Waals surface area (Å²) in [6.07, 6.45) is 5.97. The largest absolute Gasteiger partial charge is 0.494 e. The molecule has 0 aliphatic heterocycles. The van der Waals surface area contributed by atoms with E-state index in [2.05, 4.69) is 18.8 Å². The van der Waals surface area contributed by atoms with Crippen LogP contribution in [0.15, 0.2) is 47.1 Å². The first kappa shape index (κ1) is 40.1. The molecule has 0 aromatic heterocycles. The third kappa shape index (κ3) is 15.4. The first-order valence-corrected chi connectivity index (χ1v) is 15.9. The average molecular weight is 604 g/mol. The Hall–Kier alpha value is -2.93. The Morgan fingerprint density at radius 3 is 2.09 bits per heavy atom. The second-order valence-corrected chi connectivity index (χ2v) is 12.1. The molecular weight excluding hydrogens is 545 g/mol. The number of aliphatic carboxylic acids is 1. The van der Waals surface area contributed by atoms with Crippen LogP contribution in [0.3, 0.4) is 0 Å². The lowest BCUT2D eigenvalue weighted by Gasteiger charge is -2.27. The summed E-state index contributed by atoms with van der Waals surface area (Å²) < 4.78 is 21.1. The second-order valence-electron chi connectivity index (χ2n) is 12.1. The van der Waals surface area contributed by atoms with Gasteiger partial charge < -0.3 is 20.3 Å². The molecule has 1 aliphatic rings. The summed E-state index contributed by atoms with van der Waals surface area (Å²) >= 11 is 0. The number of carboxylic acid groups (broad SMARTS) is 1. The molecule has 1 fully saturated rings. The summed E-state index contributed by atoms with van der Waals surface area (Å²) in [6.45, 7) is 23.5. The summed E-state index contributed by atoms with van der Waals surface area (Å²) in [4.78, 5) is 25.0. The molecule has 6 nitrogen and oxygen atoms in total. The molecular formula is C36H58FNO5. The molecule has 0 unspecified atom stereocenters. The van der Waals surface area contributed by atoms with E-state index in [0.717, 1.165) is 44.1 Å². The van der Waals surface area contributed by atoms with Crippen LogP contribution in [0.2, 0.25) is 0 Å². The van der Waals surface area contributed by atoms with Crippen molar-refractivity contribution in [3.8, 4) is 5.75 Å². The Bertz CT molecular complexity index is 1100. The van der Waals surface area contributed by atoms with Gasteiger partial charge in [-0.2, -0.15) is 0 Å². The van der Waals surface area contributed by atoms with Gasteiger partial charge in [0.05, 0.1) is 18.6 Å². The van der Waals surface area contributed by atoms with Gasteiger partial charge in [-0.25, -0.2) is 4.39 Å². The molecule has 2 rings (SSSR count). The number of halogens is 1. The second kappa shape index (κ2) is 20.1. The topological polar surface area (TPSA) is 95.9 Å². The van der Waals surface area contributed by atoms with Crippen molar-refractivity contribution >= 4 is 17.4 Å². The maximum Gasteiger partial charge on any atom is 0.307 e. The van der Waals surface area contributed by atoms with E-state index in [-0.39, 0.29) is 29.5 Å². The van der Waals surface area contributed by atoms with Crippen LogP contribution in [0.5, 0.6) is 5.75 Å². The first-order chi connectivity index (χ1) is 20.1. The number of hydrogen-bond acceptors (Lipinski definition) is 4. The molecule has 0 atom stereocenters. The Balaban J connectivity index is 0.00000227. The number of benzene rings is 1. The number of amides is 1. The summed E-state index contributed by atoms with van der Waals surface area (Å²) in [5.41, 5.74) is 2.23. The third-order valence-electron chi connectivity index (χ3n) is 6.91. The Labute approximate surface area is 260 Å². The molecule has 1 saturated carbocycles. The minimum Gasteiger partial charge on any atom is -0.494 e. The molecule has 0 radical (unpaired) electrons. The van der Waals surface area contributed by atoms with E-state index in [0.29, 0.717) is 41.4 Å². The van der Waals surface area contributed by atoms with E-state index in [4.69, 9.17) is 9.84 Å². The summed E-state index contributed by atoms with van der Waals surface area (Å²) in [5.74, 6) is -0.768. The highest BCUT2D eigenvalue weighted by Gasteiger charge is 2.25. The van der Waals surface area contributed by atoms with Gasteiger partial charge >= 0.3 is 5.97 Å². The maximum absolute atomic E-state index is 15.5. The fraction of sp³-hybridized carbons (Fsp3) is 0.611. The molecule has 1 aliphatic carbocycles. The lowest BCUT2D eigenvalue weighted by atomic mass is 9.84. The van der Waals surface area contributed by atoms with Crippen molar-refractivity contribution in [1.82, 2.24) is 5.32 Å². The molecule has 244 valence electrons. The molecule has 1 aromatic carbocycles. The van der Waals surface area contributed by atoms with Gasteiger partial charge in [0.15, 0.2) is 0 Å². The van der Waals surface area contributed by atoms with Crippen molar-refractivity contribution in [3.63, 3.8) is 0 Å². The van der Waals surface area contributed by atoms with Crippen LogP contribution in [-0.4, -0.2) is 40.3 Å². The molecule has 1 amide bonds. The number of allylic oxidation sites excluding steroid dienone is 2. The molecule has 3 N–H and O–H groups in total. The van der Waals surface area contributed by atoms with Crippen LogP contribution in [0.4, 0.5) is 4.39 Å². The highest BCUT2D eigenvalue weighted by molar-refractivity contribution is 6.02. The van der Waals surface area contributed by atoms with Crippen LogP contribution in [-0.2, 0) is 9.59 Å². The van der Waals surface area contributed by atoms with E-state index in [9.17, 15) is 14.7 Å². The van der Waals surface area contributed by atoms with Crippen molar-refractivity contribution in [2.45, 2.75) is 132 Å². The zero-order chi connectivity index (χ0) is 33.3. The van der Waals surface area contributed by atoms with Gasteiger partial charge in [-0.1, -0.05) is 53.2 Å². The highest BCUT2D eigenvalue weighted by Crippen LogP contribution is 2.37. The van der Waals surface area contributed by atoms with Crippen molar-refractivity contribution in [2.24, 2.45) is 5.92 Å². The van der Waals surface area contributed by atoms with Crippen molar-refractivity contribution in [2.75, 3.05) is 6.61 Å². The number of carbonyl (C=O) groups is 2. The number of carbonyl (C=O) groups excluding carboxylic acids is 1. The molecule has 1 aromatic rings. The number of aliphatic hydroxyl groups is 1. The fourth-order valence-corrected chi connectivity index (χ4v) is 4.73. The van der Waals surface area contributed by atoms with E-state index in [1.165, 1.54) is 6.07 Å². The van der Waals surface area contributed by atoms with Crippen LogP contribution in [0, 0.1) is 11.7 Å². The van der Waals surface area contributed by atoms with Crippen LogP contribution in [0.25, 0.3) is 5.57 Å². The van der Waals surface area contributed by atoms with Crippen molar-refractivity contribution in [3.05, 3.63) is 58.5 Å². The van der Waals surface area contributed by atoms with Gasteiger partial charge in [-0.15, -0.1) is 0 Å². The van der Waals surface area contributed by atoms with Gasteiger partial charge in [0.2, 0.25) is 0 Å². The predicted molar refractivity (Wildman–Crippen MR) is 177 cm³/mol. The summed E-state index contributed by atoms with van der Waals surface area (Å²) in [5, 5.41) is 21.3. The lowest BCUT2D eigenvalue weighted by Crippen LogP contribution is -2.38. The zero-order valence-electron chi connectivity index (χ0n) is 28.5. The number of hydrogen-bond donors (Lipinski definition) is 3. The van der Waals surface area contributed by atoms with Crippen molar-refractivity contribution in [1.29, 1.82) is 0 Å². The van der Waals surface area contributed by atoms with Crippen LogP contribution in [0.1, 0.15) is 126 Å². The molecule has 0 bridgehead atoms. The Kier molecular flexibility index (Phi) is 18.7. The van der Waals surface area contributed by atoms with E-state index in [1.54, 1.807) is 39.8 Å². The SMILES string of the molecule is C=C(C(=O)NC1CCC(C)CC1)/C(C)=C(\C(CC(=O)O)=C(\C)CCC)c1ccc(OCCC)cc1F.CC.CC(C)(C)O. The van der Waals surface area contributed by atoms with Crippen LogP contribution >= 0.6 is 0 Å². The molecule has 0 spiro atoms. The number of rotatable bonds is 12. The maximum atomic E-state index is 15.5. The molecule has 7 heteroatoms. The van der Waals surface area contributed by atoms with Gasteiger partial charge in [0.1, 0.15) is 11.6 Å². The summed E-state index contributed by atoms with van der Waals surface area (Å²) in [7, 11) is 0. The molecule has 0 heterocycles. The Morgan fingerprint density at radius 2 is 1.63 bits per heavy atom. The molecule has 0 saturated heterocycles. The lowest BCUT2D eigenvalue weighted by molar-refractivity contribution is -0.136. The van der Waals surface area contributed by atoms with E-state index >= 15 is 4.39 Å². The normalized spacial score (nSPS) is 17.6. The third-order valence-corrected chi connectivity index (χ3v) is 6.91. The van der Waals surface area contributed by atoms with Gasteiger partial charge in [-0.3, -0.25) is 9.59 Å². The van der Waals surface area contributed by atoms with Gasteiger partial charge in [-0.05, 0) is 108 Å². The minimum atomic E-state index is -1.01. The standard InChI is InChI=1S/C30H42FNO4.C4H10O.C2H6/c1-7-9-20(4)26(18-28(33)34)29(25-15-14-24(17-27(25)31)36-16-8-2)21(5)22(6)30(35)32-23-12-10-19(3)11-13-23;1-4(2,3)5;1-2/h14-15,17,19,23H,6-13,16,18H2,1-5H3,(H,32,35)(H,33,34);5H,1-3H3;1-2H3/b26-20-,29-21-;;. The number of ether oxygens (including phenoxy) is 1. The minimum absolute atomic E-state index is 0.0873. The van der Waals surface area contributed by atoms with Gasteiger partial charge in [0, 0.05) is 23.2 Å². The van der Waals surface area contributed by atoms with Gasteiger partial charge in [0.25, 0.3) is 5.91 Å². The highest BCUT2D eigenvalue weighted by atomic mass is 19.1. The first-order valence-electron chi connectivity index (χ1n) is 15.9. The number of carboxylic acids is 1. The van der Waals surface area contributed by atoms with E-state index in [1.807, 2.05) is 34.6 Å².